The zero-order valence-corrected chi connectivity index (χ0v) is 10.9. The fourth-order valence-electron chi connectivity index (χ4n) is 2.02. The third-order valence-corrected chi connectivity index (χ3v) is 3.05. The number of rotatable bonds is 0. The summed E-state index contributed by atoms with van der Waals surface area (Å²) in [6.07, 6.45) is 1.64. The van der Waals surface area contributed by atoms with Crippen molar-refractivity contribution in [2.75, 3.05) is 0 Å². The Morgan fingerprint density at radius 2 is 1.85 bits per heavy atom. The second kappa shape index (κ2) is 5.25. The number of hydrogen-bond acceptors (Lipinski definition) is 0. The van der Waals surface area contributed by atoms with Crippen molar-refractivity contribution >= 4 is 21.8 Å². The van der Waals surface area contributed by atoms with E-state index in [0.717, 1.165) is 0 Å². The van der Waals surface area contributed by atoms with E-state index in [1.54, 1.807) is 0 Å². The highest BCUT2D eigenvalue weighted by molar-refractivity contribution is 5.82. The first-order valence-electron chi connectivity index (χ1n) is 10.2. The number of H-pyrrole nitrogens is 2. The minimum Gasteiger partial charge on any atom is -0.361 e. The third kappa shape index (κ3) is 2.32. The van der Waals surface area contributed by atoms with Gasteiger partial charge < -0.3 is 9.97 Å². The van der Waals surface area contributed by atoms with Crippen molar-refractivity contribution in [3.8, 4) is 0 Å². The van der Waals surface area contributed by atoms with E-state index in [-0.39, 0.29) is 23.1 Å². The van der Waals surface area contributed by atoms with Gasteiger partial charge in [-0.1, -0.05) is 36.3 Å². The Labute approximate surface area is 129 Å². The maximum Gasteiger partial charge on any atom is 0.0816 e. The number of para-hydroxylation sites is 2. The molecule has 2 heterocycles. The molecule has 0 aliphatic heterocycles. The number of aryl methyl sites for hydroxylation is 2. The molecule has 20 heavy (non-hydrogen) atoms. The van der Waals surface area contributed by atoms with E-state index in [2.05, 4.69) is 41.2 Å². The van der Waals surface area contributed by atoms with Crippen molar-refractivity contribution in [3.05, 3.63) is 71.9 Å². The van der Waals surface area contributed by atoms with Crippen LogP contribution in [0.1, 0.15) is 22.1 Å². The molecule has 2 nitrogen and oxygen atoms in total. The van der Waals surface area contributed by atoms with Crippen LogP contribution in [0.4, 0.5) is 0 Å². The first-order valence-corrected chi connectivity index (χ1v) is 6.15. The lowest BCUT2D eigenvalue weighted by Crippen LogP contribution is -1.72. The molecular weight excluding hydrogens is 244 g/mol. The summed E-state index contributed by atoms with van der Waals surface area (Å²) in [5.41, 5.74) is 2.06. The predicted octanol–water partition coefficient (Wildman–Crippen LogP) is 4.95. The van der Waals surface area contributed by atoms with Gasteiger partial charge in [0.25, 0.3) is 0 Å². The SMILES string of the molecule is Cc1cccc2cc[nH]c12.[2H]c1[nH]c2c(C([2H])([2H])[2H])c([2H])c([2H])c([2H])c2c1[2H]. The molecule has 0 fully saturated rings. The van der Waals surface area contributed by atoms with Gasteiger partial charge in [-0.2, -0.15) is 0 Å². The zero-order valence-electron chi connectivity index (χ0n) is 18.9. The van der Waals surface area contributed by atoms with Crippen LogP contribution in [0.3, 0.4) is 0 Å². The number of aromatic amines is 2. The van der Waals surface area contributed by atoms with Crippen LogP contribution in [0, 0.1) is 13.8 Å². The van der Waals surface area contributed by atoms with E-state index in [4.69, 9.17) is 11.0 Å². The van der Waals surface area contributed by atoms with E-state index in [1.165, 1.54) is 16.5 Å². The van der Waals surface area contributed by atoms with Crippen LogP contribution in [0.25, 0.3) is 21.8 Å². The molecule has 0 aliphatic carbocycles. The molecule has 0 amide bonds. The maximum absolute atomic E-state index is 7.67. The molecule has 0 radical (unpaired) electrons. The van der Waals surface area contributed by atoms with Crippen LogP contribution in [-0.2, 0) is 0 Å². The quantitative estimate of drug-likeness (QED) is 0.453. The minimum atomic E-state index is -2.64. The van der Waals surface area contributed by atoms with Crippen LogP contribution in [0.5, 0.6) is 0 Å². The van der Waals surface area contributed by atoms with E-state index in [1.807, 2.05) is 6.20 Å². The topological polar surface area (TPSA) is 31.6 Å². The standard InChI is InChI=1S/2C9H9N/c2*1-7-3-2-4-8-5-6-10-9(7)8/h2*2-6,10H,1H3/i1D3,2D,3D,4D,5D,6D;. The summed E-state index contributed by atoms with van der Waals surface area (Å²) in [6.45, 7) is -0.526. The summed E-state index contributed by atoms with van der Waals surface area (Å²) < 4.78 is 60.1. The van der Waals surface area contributed by atoms with E-state index < -0.39 is 30.5 Å². The molecule has 100 valence electrons. The number of hydrogen-bond donors (Lipinski definition) is 2. The molecule has 2 N–H and O–H groups in total. The molecule has 0 bridgehead atoms. The van der Waals surface area contributed by atoms with Gasteiger partial charge in [0, 0.05) is 27.5 Å². The monoisotopic (exact) mass is 270 g/mol. The summed E-state index contributed by atoms with van der Waals surface area (Å²) >= 11 is 0. The Bertz CT molecular complexity index is 1170. The lowest BCUT2D eigenvalue weighted by Gasteiger charge is -1.92. The predicted molar refractivity (Wildman–Crippen MR) is 86.1 cm³/mol. The molecule has 4 rings (SSSR count). The van der Waals surface area contributed by atoms with Gasteiger partial charge in [-0.15, -0.1) is 0 Å². The largest absolute Gasteiger partial charge is 0.361 e. The van der Waals surface area contributed by atoms with Crippen LogP contribution in [0.2, 0.25) is 0 Å². The van der Waals surface area contributed by atoms with E-state index in [0.29, 0.717) is 0 Å². The van der Waals surface area contributed by atoms with Crippen molar-refractivity contribution in [1.82, 2.24) is 9.97 Å². The van der Waals surface area contributed by atoms with Gasteiger partial charge in [0.15, 0.2) is 0 Å². The molecule has 2 aromatic heterocycles. The Kier molecular flexibility index (Phi) is 1.66. The number of aromatic nitrogens is 2. The Morgan fingerprint density at radius 1 is 0.950 bits per heavy atom. The third-order valence-electron chi connectivity index (χ3n) is 3.05. The first kappa shape index (κ1) is 6.31. The second-order valence-electron chi connectivity index (χ2n) is 4.39. The Morgan fingerprint density at radius 3 is 2.70 bits per heavy atom. The smallest absolute Gasteiger partial charge is 0.0816 e. The van der Waals surface area contributed by atoms with Gasteiger partial charge in [0.1, 0.15) is 0 Å². The molecular formula is C18H18N2. The van der Waals surface area contributed by atoms with Crippen LogP contribution >= 0.6 is 0 Å². The lowest BCUT2D eigenvalue weighted by atomic mass is 10.2. The lowest BCUT2D eigenvalue weighted by molar-refractivity contribution is 1.42. The molecule has 2 aromatic carbocycles. The average molecular weight is 270 g/mol. The highest BCUT2D eigenvalue weighted by atomic mass is 14.7. The Hall–Kier alpha value is -2.48. The number of benzene rings is 2. The average Bonchev–Trinajstić information content (AvgIpc) is 3.19. The molecule has 4 aromatic rings. The fraction of sp³-hybridized carbons (Fsp3) is 0.111. The molecule has 0 aliphatic rings. The van der Waals surface area contributed by atoms with Crippen molar-refractivity contribution in [1.29, 1.82) is 0 Å². The summed E-state index contributed by atoms with van der Waals surface area (Å²) in [7, 11) is 0. The highest BCUT2D eigenvalue weighted by Crippen LogP contribution is 2.15. The molecule has 0 unspecified atom stereocenters. The van der Waals surface area contributed by atoms with E-state index >= 15 is 0 Å². The zero-order chi connectivity index (χ0) is 20.8. The molecule has 0 spiro atoms. The summed E-state index contributed by atoms with van der Waals surface area (Å²) in [4.78, 5) is 5.59. The van der Waals surface area contributed by atoms with Gasteiger partial charge in [-0.3, -0.25) is 0 Å². The van der Waals surface area contributed by atoms with E-state index in [9.17, 15) is 0 Å². The molecule has 0 saturated carbocycles. The maximum atomic E-state index is 7.67. The van der Waals surface area contributed by atoms with Crippen molar-refractivity contribution in [3.63, 3.8) is 0 Å². The van der Waals surface area contributed by atoms with Crippen LogP contribution in [-0.4, -0.2) is 9.97 Å². The van der Waals surface area contributed by atoms with Crippen molar-refractivity contribution in [2.45, 2.75) is 13.8 Å². The summed E-state index contributed by atoms with van der Waals surface area (Å²) in [6, 6.07) is 6.55. The number of nitrogens with one attached hydrogen (secondary N) is 2. The van der Waals surface area contributed by atoms with Crippen molar-refractivity contribution in [2.24, 2.45) is 0 Å². The number of fused-ring (bicyclic) bond motifs is 2. The second-order valence-corrected chi connectivity index (χ2v) is 4.39. The van der Waals surface area contributed by atoms with Gasteiger partial charge in [0.05, 0.1) is 6.85 Å². The van der Waals surface area contributed by atoms with Gasteiger partial charge in [-0.05, 0) is 47.8 Å². The Balaban J connectivity index is 0.000000188. The summed E-state index contributed by atoms with van der Waals surface area (Å²) in [5.74, 6) is 0. The highest BCUT2D eigenvalue weighted by Gasteiger charge is 1.94. The summed E-state index contributed by atoms with van der Waals surface area (Å²) in [5, 5.41) is 1.20. The fourth-order valence-corrected chi connectivity index (χ4v) is 2.02. The molecule has 0 atom stereocenters. The van der Waals surface area contributed by atoms with Crippen molar-refractivity contribution < 1.29 is 11.0 Å². The molecule has 2 heteroatoms. The normalized spacial score (nSPS) is 16.9. The van der Waals surface area contributed by atoms with Crippen LogP contribution in [0.15, 0.2) is 60.8 Å². The van der Waals surface area contributed by atoms with Gasteiger partial charge in [-0.25, -0.2) is 0 Å². The first-order chi connectivity index (χ1) is 13.0. The van der Waals surface area contributed by atoms with Crippen LogP contribution < -0.4 is 0 Å². The molecule has 0 saturated heterocycles. The van der Waals surface area contributed by atoms with Gasteiger partial charge >= 0.3 is 0 Å². The minimum absolute atomic E-state index is 0.0870. The van der Waals surface area contributed by atoms with Gasteiger partial charge in [0.2, 0.25) is 0 Å².